The molecule has 38 heavy (non-hydrogen) atoms. The standard InChI is InChI=1S/C31H24N6S/c1-2-5-20(6-3-1)14-32-15-21-11-23(17-33-16-21)24-12-27-30(36-37-31(27)34-18-24)29-13-26-25(22-9-10-38-19-22)7-4-8-28(26)35-29/h1-13,16-19,32,35H,14-15H2,(H,34,36,37). The lowest BCUT2D eigenvalue weighted by atomic mass is 10.0. The highest BCUT2D eigenvalue weighted by atomic mass is 32.1. The van der Waals surface area contributed by atoms with Gasteiger partial charge in [-0.15, -0.1) is 0 Å². The second kappa shape index (κ2) is 9.70. The number of hydrogen-bond donors (Lipinski definition) is 3. The van der Waals surface area contributed by atoms with Crippen molar-refractivity contribution in [2.24, 2.45) is 0 Å². The lowest BCUT2D eigenvalue weighted by Gasteiger charge is -2.07. The number of benzene rings is 2. The van der Waals surface area contributed by atoms with Gasteiger partial charge in [0.1, 0.15) is 0 Å². The van der Waals surface area contributed by atoms with Crippen molar-refractivity contribution in [1.29, 1.82) is 0 Å². The van der Waals surface area contributed by atoms with Crippen LogP contribution in [0.25, 0.3) is 55.6 Å². The predicted molar refractivity (Wildman–Crippen MR) is 155 cm³/mol. The number of aromatic nitrogens is 5. The van der Waals surface area contributed by atoms with Crippen LogP contribution in [0, 0.1) is 0 Å². The summed E-state index contributed by atoms with van der Waals surface area (Å²) in [6.45, 7) is 1.56. The maximum absolute atomic E-state index is 4.65. The van der Waals surface area contributed by atoms with Crippen LogP contribution in [0.15, 0.2) is 102 Å². The van der Waals surface area contributed by atoms with Crippen LogP contribution in [0.3, 0.4) is 0 Å². The van der Waals surface area contributed by atoms with Gasteiger partial charge in [-0.3, -0.25) is 10.1 Å². The van der Waals surface area contributed by atoms with Crippen LogP contribution in [-0.2, 0) is 13.1 Å². The van der Waals surface area contributed by atoms with Gasteiger partial charge in [0.25, 0.3) is 0 Å². The quantitative estimate of drug-likeness (QED) is 0.211. The van der Waals surface area contributed by atoms with Crippen molar-refractivity contribution in [3.05, 3.63) is 113 Å². The summed E-state index contributed by atoms with van der Waals surface area (Å²) in [6.07, 6.45) is 5.66. The molecule has 0 saturated carbocycles. The lowest BCUT2D eigenvalue weighted by molar-refractivity contribution is 0.691. The van der Waals surface area contributed by atoms with Gasteiger partial charge < -0.3 is 10.3 Å². The maximum Gasteiger partial charge on any atom is 0.181 e. The van der Waals surface area contributed by atoms with E-state index < -0.39 is 0 Å². The molecule has 0 radical (unpaired) electrons. The Morgan fingerprint density at radius 3 is 2.55 bits per heavy atom. The molecule has 0 aliphatic rings. The first-order valence-corrected chi connectivity index (χ1v) is 13.4. The molecule has 0 saturated heterocycles. The number of nitrogens with one attached hydrogen (secondary N) is 3. The van der Waals surface area contributed by atoms with Gasteiger partial charge in [-0.2, -0.15) is 16.4 Å². The van der Waals surface area contributed by atoms with Crippen LogP contribution in [0.2, 0.25) is 0 Å². The molecule has 7 aromatic rings. The SMILES string of the molecule is c1ccc(CNCc2cncc(-c3cnc4n[nH]c(-c5cc6c(-c7ccsc7)cccc6[nH]5)c4c3)c2)cc1. The first-order valence-electron chi connectivity index (χ1n) is 12.5. The number of nitrogens with zero attached hydrogens (tertiary/aromatic N) is 3. The Hall–Kier alpha value is -4.59. The van der Waals surface area contributed by atoms with Crippen molar-refractivity contribution in [2.75, 3.05) is 0 Å². The van der Waals surface area contributed by atoms with Gasteiger partial charge in [0.2, 0.25) is 0 Å². The van der Waals surface area contributed by atoms with Crippen molar-refractivity contribution in [1.82, 2.24) is 30.5 Å². The number of aromatic amines is 2. The first kappa shape index (κ1) is 22.6. The van der Waals surface area contributed by atoms with E-state index >= 15 is 0 Å². The molecule has 6 nitrogen and oxygen atoms in total. The summed E-state index contributed by atoms with van der Waals surface area (Å²) in [5.74, 6) is 0. The molecular weight excluding hydrogens is 488 g/mol. The minimum absolute atomic E-state index is 0.689. The molecule has 7 heteroatoms. The number of fused-ring (bicyclic) bond motifs is 2. The van der Waals surface area contributed by atoms with E-state index in [-0.39, 0.29) is 0 Å². The zero-order valence-electron chi connectivity index (χ0n) is 20.5. The fraction of sp³-hybridized carbons (Fsp3) is 0.0645. The molecule has 184 valence electrons. The number of hydrogen-bond acceptors (Lipinski definition) is 5. The predicted octanol–water partition coefficient (Wildman–Crippen LogP) is 7.19. The summed E-state index contributed by atoms with van der Waals surface area (Å²) >= 11 is 1.71. The van der Waals surface area contributed by atoms with E-state index in [0.717, 1.165) is 52.1 Å². The van der Waals surface area contributed by atoms with Gasteiger partial charge in [-0.1, -0.05) is 42.5 Å². The van der Waals surface area contributed by atoms with Gasteiger partial charge in [0, 0.05) is 59.1 Å². The molecule has 0 fully saturated rings. The van der Waals surface area contributed by atoms with Crippen molar-refractivity contribution in [3.63, 3.8) is 0 Å². The summed E-state index contributed by atoms with van der Waals surface area (Å²) < 4.78 is 0. The topological polar surface area (TPSA) is 82.3 Å². The smallest absolute Gasteiger partial charge is 0.181 e. The highest BCUT2D eigenvalue weighted by Gasteiger charge is 2.15. The van der Waals surface area contributed by atoms with E-state index in [1.807, 2.05) is 24.7 Å². The lowest BCUT2D eigenvalue weighted by Crippen LogP contribution is -2.12. The van der Waals surface area contributed by atoms with E-state index in [0.29, 0.717) is 5.65 Å². The average Bonchev–Trinajstić information content (AvgIpc) is 3.73. The summed E-state index contributed by atoms with van der Waals surface area (Å²) in [5, 5.41) is 17.6. The van der Waals surface area contributed by atoms with Crippen molar-refractivity contribution < 1.29 is 0 Å². The second-order valence-electron chi connectivity index (χ2n) is 9.33. The number of pyridine rings is 2. The number of H-pyrrole nitrogens is 2. The molecule has 0 amide bonds. The fourth-order valence-corrected chi connectivity index (χ4v) is 5.57. The average molecular weight is 513 g/mol. The van der Waals surface area contributed by atoms with E-state index in [9.17, 15) is 0 Å². The third-order valence-corrected chi connectivity index (χ3v) is 7.49. The normalized spacial score (nSPS) is 11.5. The zero-order valence-corrected chi connectivity index (χ0v) is 21.3. The van der Waals surface area contributed by atoms with Crippen LogP contribution in [0.1, 0.15) is 11.1 Å². The Bertz CT molecular complexity index is 1850. The van der Waals surface area contributed by atoms with Gasteiger partial charge >= 0.3 is 0 Å². The van der Waals surface area contributed by atoms with Gasteiger partial charge in [0.05, 0.1) is 11.4 Å². The van der Waals surface area contributed by atoms with Crippen LogP contribution in [-0.4, -0.2) is 25.1 Å². The molecule has 0 unspecified atom stereocenters. The first-order chi connectivity index (χ1) is 18.8. The van der Waals surface area contributed by atoms with Crippen LogP contribution in [0.4, 0.5) is 0 Å². The van der Waals surface area contributed by atoms with Crippen molar-refractivity contribution >= 4 is 33.3 Å². The fourth-order valence-electron chi connectivity index (χ4n) is 4.91. The summed E-state index contributed by atoms with van der Waals surface area (Å²) in [4.78, 5) is 12.7. The molecule has 0 aliphatic carbocycles. The molecule has 0 atom stereocenters. The van der Waals surface area contributed by atoms with Crippen LogP contribution in [0.5, 0.6) is 0 Å². The van der Waals surface area contributed by atoms with Crippen molar-refractivity contribution in [2.45, 2.75) is 13.1 Å². The summed E-state index contributed by atoms with van der Waals surface area (Å²) in [6, 6.07) is 25.5. The number of thiophene rings is 1. The maximum atomic E-state index is 4.65. The number of rotatable bonds is 7. The zero-order chi connectivity index (χ0) is 25.3. The Balaban J connectivity index is 1.20. The van der Waals surface area contributed by atoms with E-state index in [1.54, 1.807) is 11.3 Å². The highest BCUT2D eigenvalue weighted by molar-refractivity contribution is 7.08. The summed E-state index contributed by atoms with van der Waals surface area (Å²) in [7, 11) is 0. The largest absolute Gasteiger partial charge is 0.353 e. The van der Waals surface area contributed by atoms with Crippen molar-refractivity contribution in [3.8, 4) is 33.6 Å². The van der Waals surface area contributed by atoms with Crippen LogP contribution >= 0.6 is 11.3 Å². The Labute approximate surface area is 223 Å². The molecule has 2 aromatic carbocycles. The van der Waals surface area contributed by atoms with E-state index in [4.69, 9.17) is 0 Å². The molecule has 5 heterocycles. The van der Waals surface area contributed by atoms with Crippen LogP contribution < -0.4 is 5.32 Å². The minimum Gasteiger partial charge on any atom is -0.353 e. The Morgan fingerprint density at radius 1 is 0.763 bits per heavy atom. The third kappa shape index (κ3) is 4.28. The molecular formula is C31H24N6S. The molecule has 0 spiro atoms. The molecule has 0 bridgehead atoms. The minimum atomic E-state index is 0.689. The monoisotopic (exact) mass is 512 g/mol. The Kier molecular flexibility index (Phi) is 5.77. The van der Waals surface area contributed by atoms with Gasteiger partial charge in [-0.05, 0) is 63.3 Å². The third-order valence-electron chi connectivity index (χ3n) is 6.80. The molecule has 5 aromatic heterocycles. The molecule has 3 N–H and O–H groups in total. The van der Waals surface area contributed by atoms with E-state index in [2.05, 4.69) is 108 Å². The Morgan fingerprint density at radius 2 is 1.66 bits per heavy atom. The second-order valence-corrected chi connectivity index (χ2v) is 10.1. The van der Waals surface area contributed by atoms with Gasteiger partial charge in [0.15, 0.2) is 5.65 Å². The molecule has 7 rings (SSSR count). The van der Waals surface area contributed by atoms with Gasteiger partial charge in [-0.25, -0.2) is 4.98 Å². The molecule has 0 aliphatic heterocycles. The summed E-state index contributed by atoms with van der Waals surface area (Å²) in [5.41, 5.74) is 10.6. The highest BCUT2D eigenvalue weighted by Crippen LogP contribution is 2.35. The van der Waals surface area contributed by atoms with E-state index in [1.165, 1.54) is 22.1 Å².